The second-order valence-corrected chi connectivity index (χ2v) is 5.58. The van der Waals surface area contributed by atoms with Crippen molar-refractivity contribution < 1.29 is 19.1 Å². The van der Waals surface area contributed by atoms with Gasteiger partial charge in [0.2, 0.25) is 5.91 Å². The van der Waals surface area contributed by atoms with Crippen LogP contribution in [0.4, 0.5) is 5.69 Å². The van der Waals surface area contributed by atoms with Crippen LogP contribution in [0.15, 0.2) is 23.3 Å². The van der Waals surface area contributed by atoms with E-state index in [9.17, 15) is 14.4 Å². The quantitative estimate of drug-likeness (QED) is 0.655. The van der Waals surface area contributed by atoms with Gasteiger partial charge in [-0.1, -0.05) is 6.07 Å². The molecule has 2 amide bonds. The van der Waals surface area contributed by atoms with Crippen molar-refractivity contribution >= 4 is 29.2 Å². The molecule has 1 saturated heterocycles. The molecular weight excluding hydrogens is 298 g/mol. The zero-order chi connectivity index (χ0) is 16.7. The molecule has 2 atom stereocenters. The number of benzene rings is 1. The molecule has 0 radical (unpaired) electrons. The smallest absolute Gasteiger partial charge is 0.355 e. The van der Waals surface area contributed by atoms with Crippen molar-refractivity contribution in [3.8, 4) is 0 Å². The van der Waals surface area contributed by atoms with Crippen LogP contribution in [0.1, 0.15) is 18.1 Å². The minimum absolute atomic E-state index is 0.0402. The summed E-state index contributed by atoms with van der Waals surface area (Å²) in [5.41, 5.74) is 5.10. The first-order valence-electron chi connectivity index (χ1n) is 7.41. The summed E-state index contributed by atoms with van der Waals surface area (Å²) in [5, 5.41) is 3.82. The first kappa shape index (κ1) is 15.2. The Morgan fingerprint density at radius 1 is 1.26 bits per heavy atom. The molecule has 3 rings (SSSR count). The van der Waals surface area contributed by atoms with E-state index in [1.807, 2.05) is 19.9 Å². The van der Waals surface area contributed by atoms with Gasteiger partial charge in [-0.25, -0.2) is 9.69 Å². The standard InChI is InChI=1S/C16H17N3O4/c1-4-23-16(22)13-11-12(17-18-13)15(21)19(14(11)20)10-6-5-8(2)9(3)7-10/h5-7,11-12,17H,4H2,1-3H3/t11-,12+/m0/s1. The molecule has 0 aliphatic carbocycles. The molecule has 2 aliphatic rings. The van der Waals surface area contributed by atoms with Gasteiger partial charge in [0, 0.05) is 0 Å². The lowest BCUT2D eigenvalue weighted by atomic mass is 9.99. The summed E-state index contributed by atoms with van der Waals surface area (Å²) in [6, 6.07) is 4.52. The molecule has 1 aromatic carbocycles. The number of imide groups is 1. The van der Waals surface area contributed by atoms with Crippen molar-refractivity contribution in [3.05, 3.63) is 29.3 Å². The van der Waals surface area contributed by atoms with Gasteiger partial charge in [0.1, 0.15) is 12.0 Å². The van der Waals surface area contributed by atoms with Crippen molar-refractivity contribution in [2.45, 2.75) is 26.8 Å². The molecule has 0 spiro atoms. The Bertz CT molecular complexity index is 741. The molecule has 1 fully saturated rings. The first-order valence-corrected chi connectivity index (χ1v) is 7.41. The third-order valence-electron chi connectivity index (χ3n) is 4.16. The Morgan fingerprint density at radius 3 is 2.65 bits per heavy atom. The number of carbonyl (C=O) groups is 3. The molecule has 1 N–H and O–H groups in total. The highest BCUT2D eigenvalue weighted by Gasteiger charge is 2.55. The highest BCUT2D eigenvalue weighted by molar-refractivity contribution is 6.46. The molecule has 0 saturated carbocycles. The average molecular weight is 315 g/mol. The van der Waals surface area contributed by atoms with Gasteiger partial charge in [0.15, 0.2) is 5.71 Å². The van der Waals surface area contributed by atoms with Crippen LogP contribution in [-0.4, -0.2) is 36.1 Å². The Labute approximate surface area is 133 Å². The fourth-order valence-electron chi connectivity index (χ4n) is 2.78. The van der Waals surface area contributed by atoms with E-state index in [-0.39, 0.29) is 12.3 Å². The number of hydrogen-bond acceptors (Lipinski definition) is 6. The topological polar surface area (TPSA) is 88.1 Å². The van der Waals surface area contributed by atoms with Gasteiger partial charge in [0.05, 0.1) is 12.3 Å². The first-order chi connectivity index (χ1) is 11.0. The molecule has 7 heteroatoms. The predicted octanol–water partition coefficient (Wildman–Crippen LogP) is 0.684. The number of nitrogens with one attached hydrogen (secondary N) is 1. The summed E-state index contributed by atoms with van der Waals surface area (Å²) in [6.45, 7) is 5.71. The molecule has 0 bridgehead atoms. The van der Waals surface area contributed by atoms with Crippen LogP contribution < -0.4 is 10.3 Å². The number of fused-ring (bicyclic) bond motifs is 1. The Balaban J connectivity index is 1.93. The van der Waals surface area contributed by atoms with Crippen molar-refractivity contribution in [2.24, 2.45) is 11.0 Å². The van der Waals surface area contributed by atoms with Gasteiger partial charge in [0.25, 0.3) is 5.91 Å². The van der Waals surface area contributed by atoms with E-state index >= 15 is 0 Å². The number of aryl methyl sites for hydroxylation is 2. The van der Waals surface area contributed by atoms with Gasteiger partial charge in [-0.2, -0.15) is 5.10 Å². The average Bonchev–Trinajstić information content (AvgIpc) is 3.04. The van der Waals surface area contributed by atoms with Crippen molar-refractivity contribution in [2.75, 3.05) is 11.5 Å². The lowest BCUT2D eigenvalue weighted by Gasteiger charge is -2.17. The van der Waals surface area contributed by atoms with Crippen LogP contribution in [0.5, 0.6) is 0 Å². The summed E-state index contributed by atoms with van der Waals surface area (Å²) in [6.07, 6.45) is 0. The van der Waals surface area contributed by atoms with Crippen molar-refractivity contribution in [1.29, 1.82) is 0 Å². The van der Waals surface area contributed by atoms with E-state index < -0.39 is 29.7 Å². The fraction of sp³-hybridized carbons (Fsp3) is 0.375. The number of hydrazone groups is 1. The lowest BCUT2D eigenvalue weighted by Crippen LogP contribution is -2.36. The number of amides is 2. The number of nitrogens with zero attached hydrogens (tertiary/aromatic N) is 2. The summed E-state index contributed by atoms with van der Waals surface area (Å²) < 4.78 is 4.90. The number of rotatable bonds is 3. The summed E-state index contributed by atoms with van der Waals surface area (Å²) in [5.74, 6) is -2.47. The highest BCUT2D eigenvalue weighted by atomic mass is 16.5. The maximum absolute atomic E-state index is 12.7. The van der Waals surface area contributed by atoms with E-state index in [2.05, 4.69) is 10.5 Å². The van der Waals surface area contributed by atoms with Crippen molar-refractivity contribution in [1.82, 2.24) is 5.43 Å². The van der Waals surface area contributed by atoms with Gasteiger partial charge >= 0.3 is 5.97 Å². The molecule has 2 aliphatic heterocycles. The zero-order valence-electron chi connectivity index (χ0n) is 13.1. The number of ether oxygens (including phenoxy) is 1. The summed E-state index contributed by atoms with van der Waals surface area (Å²) >= 11 is 0. The molecule has 120 valence electrons. The van der Waals surface area contributed by atoms with Crippen LogP contribution >= 0.6 is 0 Å². The highest BCUT2D eigenvalue weighted by Crippen LogP contribution is 2.31. The Kier molecular flexibility index (Phi) is 3.63. The lowest BCUT2D eigenvalue weighted by molar-refractivity contribution is -0.136. The molecule has 23 heavy (non-hydrogen) atoms. The van der Waals surface area contributed by atoms with E-state index in [1.54, 1.807) is 19.1 Å². The van der Waals surface area contributed by atoms with Crippen molar-refractivity contribution in [3.63, 3.8) is 0 Å². The molecule has 0 unspecified atom stereocenters. The van der Waals surface area contributed by atoms with E-state index in [1.165, 1.54) is 0 Å². The number of hydrogen-bond donors (Lipinski definition) is 1. The van der Waals surface area contributed by atoms with Gasteiger partial charge < -0.3 is 4.74 Å². The van der Waals surface area contributed by atoms with E-state index in [4.69, 9.17) is 4.74 Å². The van der Waals surface area contributed by atoms with Crippen LogP contribution in [0.3, 0.4) is 0 Å². The Hall–Kier alpha value is -2.70. The summed E-state index contributed by atoms with van der Waals surface area (Å²) in [7, 11) is 0. The number of carbonyl (C=O) groups excluding carboxylic acids is 3. The van der Waals surface area contributed by atoms with Gasteiger partial charge in [-0.05, 0) is 44.0 Å². The largest absolute Gasteiger partial charge is 0.461 e. The summed E-state index contributed by atoms with van der Waals surface area (Å²) in [4.78, 5) is 38.2. The number of esters is 1. The predicted molar refractivity (Wildman–Crippen MR) is 82.9 cm³/mol. The minimum atomic E-state index is -0.928. The third kappa shape index (κ3) is 2.28. The fourth-order valence-corrected chi connectivity index (χ4v) is 2.78. The zero-order valence-corrected chi connectivity index (χ0v) is 13.1. The maximum atomic E-state index is 12.7. The molecule has 2 heterocycles. The van der Waals surface area contributed by atoms with Crippen LogP contribution in [0.2, 0.25) is 0 Å². The molecule has 0 aromatic heterocycles. The van der Waals surface area contributed by atoms with Crippen LogP contribution in [-0.2, 0) is 19.1 Å². The number of anilines is 1. The second-order valence-electron chi connectivity index (χ2n) is 5.58. The van der Waals surface area contributed by atoms with Crippen LogP contribution in [0, 0.1) is 19.8 Å². The van der Waals surface area contributed by atoms with E-state index in [0.29, 0.717) is 5.69 Å². The molecule has 7 nitrogen and oxygen atoms in total. The third-order valence-corrected chi connectivity index (χ3v) is 4.16. The normalized spacial score (nSPS) is 22.7. The van der Waals surface area contributed by atoms with E-state index in [0.717, 1.165) is 16.0 Å². The second kappa shape index (κ2) is 5.49. The molecule has 1 aromatic rings. The van der Waals surface area contributed by atoms with Crippen LogP contribution in [0.25, 0.3) is 0 Å². The molecular formula is C16H17N3O4. The Morgan fingerprint density at radius 2 is 2.00 bits per heavy atom. The monoisotopic (exact) mass is 315 g/mol. The SMILES string of the molecule is CCOC(=O)C1=NN[C@H]2C(=O)N(c3ccc(C)c(C)c3)C(=O)[C@H]12. The maximum Gasteiger partial charge on any atom is 0.355 e. The minimum Gasteiger partial charge on any atom is -0.461 e. The van der Waals surface area contributed by atoms with Gasteiger partial charge in [-0.3, -0.25) is 15.0 Å². The van der Waals surface area contributed by atoms with Gasteiger partial charge in [-0.15, -0.1) is 0 Å².